The molecule has 1 fully saturated rings. The minimum Gasteiger partial charge on any atom is -0.384 e. The average Bonchev–Trinajstić information content (AvgIpc) is 3.59. The minimum atomic E-state index is -0.307. The van der Waals surface area contributed by atoms with Crippen molar-refractivity contribution in [2.45, 2.75) is 19.3 Å². The van der Waals surface area contributed by atoms with Crippen LogP contribution in [0.1, 0.15) is 19.3 Å². The van der Waals surface area contributed by atoms with E-state index in [-0.39, 0.29) is 5.82 Å². The molecule has 5 heterocycles. The summed E-state index contributed by atoms with van der Waals surface area (Å²) in [7, 11) is 4.02. The van der Waals surface area contributed by atoms with Crippen LogP contribution in [0.25, 0.3) is 55.7 Å². The number of likely N-dealkylation sites (N-methyl/N-ethyl adjacent to an activating group) is 1. The van der Waals surface area contributed by atoms with Crippen LogP contribution in [0.5, 0.6) is 0 Å². The number of nitrogens with zero attached hydrogens (tertiary/aromatic N) is 5. The summed E-state index contributed by atoms with van der Waals surface area (Å²) >= 11 is 0. The lowest BCUT2D eigenvalue weighted by Gasteiger charge is -2.28. The van der Waals surface area contributed by atoms with Gasteiger partial charge in [-0.25, -0.2) is 9.37 Å². The number of aromatic nitrogens is 6. The van der Waals surface area contributed by atoms with Gasteiger partial charge in [-0.2, -0.15) is 5.10 Å². The molecule has 4 N–H and O–H groups in total. The van der Waals surface area contributed by atoms with Crippen molar-refractivity contribution in [3.05, 3.63) is 85.3 Å². The first-order valence-electron chi connectivity index (χ1n) is 14.8. The number of halogens is 1. The number of hydrogen-bond donors (Lipinski definition) is 4. The molecule has 0 atom stereocenters. The SMILES string of the molecule is C=C(Nc1cncc(-c2ccc3[nH]nc(-c4cc5c(-c6cc(F)cc(NCCN(C)C)c6)cncc5[nH]4)c3n2)c1)C1CCC1. The van der Waals surface area contributed by atoms with E-state index in [2.05, 4.69) is 47.3 Å². The van der Waals surface area contributed by atoms with Crippen molar-refractivity contribution >= 4 is 33.3 Å². The molecule has 44 heavy (non-hydrogen) atoms. The molecule has 0 bridgehead atoms. The second-order valence-electron chi connectivity index (χ2n) is 11.7. The molecule has 5 aromatic heterocycles. The van der Waals surface area contributed by atoms with Crippen LogP contribution >= 0.6 is 0 Å². The summed E-state index contributed by atoms with van der Waals surface area (Å²) in [5.41, 5.74) is 9.78. The van der Waals surface area contributed by atoms with E-state index in [1.807, 2.05) is 56.8 Å². The van der Waals surface area contributed by atoms with Crippen molar-refractivity contribution in [3.63, 3.8) is 0 Å². The number of benzene rings is 1. The Bertz CT molecular complexity index is 1990. The first-order valence-corrected chi connectivity index (χ1v) is 14.8. The molecular formula is C34H34FN9. The Kier molecular flexibility index (Phi) is 7.27. The topological polar surface area (TPSA) is 110 Å². The standard InChI is InChI=1S/C34H34FN9/c1-20(21-5-4-6-21)39-26-13-23(16-36-17-26)29-7-8-30-33(41-29)34(43-42-30)31-15-27-28(18-37-19-32(27)40-31)22-11-24(35)14-25(12-22)38-9-10-44(2)3/h7-8,11-19,21,38-40H,1,4-6,9-10H2,2-3H3,(H,42,43). The highest BCUT2D eigenvalue weighted by atomic mass is 19.1. The van der Waals surface area contributed by atoms with Gasteiger partial charge in [-0.15, -0.1) is 0 Å². The largest absolute Gasteiger partial charge is 0.384 e. The molecule has 1 aliphatic carbocycles. The van der Waals surface area contributed by atoms with E-state index < -0.39 is 0 Å². The lowest BCUT2D eigenvalue weighted by Crippen LogP contribution is -2.20. The Balaban J connectivity index is 1.21. The van der Waals surface area contributed by atoms with E-state index in [9.17, 15) is 4.39 Å². The third-order valence-corrected chi connectivity index (χ3v) is 8.24. The number of pyridine rings is 3. The highest BCUT2D eigenvalue weighted by Crippen LogP contribution is 2.36. The molecule has 0 amide bonds. The van der Waals surface area contributed by atoms with E-state index in [0.717, 1.165) is 73.6 Å². The van der Waals surface area contributed by atoms with Gasteiger partial charge in [0.2, 0.25) is 0 Å². The van der Waals surface area contributed by atoms with Gasteiger partial charge >= 0.3 is 0 Å². The van der Waals surface area contributed by atoms with Crippen LogP contribution in [-0.2, 0) is 0 Å². The normalized spacial score (nSPS) is 13.5. The maximum atomic E-state index is 14.7. The highest BCUT2D eigenvalue weighted by molar-refractivity contribution is 6.00. The molecule has 1 saturated carbocycles. The Labute approximate surface area is 254 Å². The first-order chi connectivity index (χ1) is 21.4. The van der Waals surface area contributed by atoms with Gasteiger partial charge in [0.25, 0.3) is 0 Å². The van der Waals surface area contributed by atoms with Gasteiger partial charge < -0.3 is 20.5 Å². The molecule has 1 aromatic carbocycles. The van der Waals surface area contributed by atoms with Crippen LogP contribution in [0.4, 0.5) is 15.8 Å². The molecule has 0 spiro atoms. The van der Waals surface area contributed by atoms with Crippen LogP contribution in [0.3, 0.4) is 0 Å². The smallest absolute Gasteiger partial charge is 0.135 e. The molecule has 0 aliphatic heterocycles. The van der Waals surface area contributed by atoms with Crippen LogP contribution in [-0.4, -0.2) is 62.2 Å². The average molecular weight is 588 g/mol. The number of aromatic amines is 2. The van der Waals surface area contributed by atoms with Crippen LogP contribution in [0, 0.1) is 11.7 Å². The van der Waals surface area contributed by atoms with Crippen molar-refractivity contribution in [1.29, 1.82) is 0 Å². The van der Waals surface area contributed by atoms with Gasteiger partial charge in [-0.3, -0.25) is 15.1 Å². The number of anilines is 2. The van der Waals surface area contributed by atoms with Crippen molar-refractivity contribution in [2.75, 3.05) is 37.8 Å². The van der Waals surface area contributed by atoms with E-state index in [0.29, 0.717) is 18.2 Å². The second kappa shape index (κ2) is 11.5. The molecule has 10 heteroatoms. The van der Waals surface area contributed by atoms with Crippen LogP contribution in [0.2, 0.25) is 0 Å². The summed E-state index contributed by atoms with van der Waals surface area (Å²) in [6.07, 6.45) is 10.8. The van der Waals surface area contributed by atoms with Gasteiger partial charge in [0.1, 0.15) is 17.0 Å². The summed E-state index contributed by atoms with van der Waals surface area (Å²) in [6, 6.07) is 13.0. The lowest BCUT2D eigenvalue weighted by molar-refractivity contribution is 0.371. The molecule has 1 aliphatic rings. The van der Waals surface area contributed by atoms with E-state index in [1.165, 1.54) is 31.4 Å². The predicted octanol–water partition coefficient (Wildman–Crippen LogP) is 7.07. The maximum absolute atomic E-state index is 14.7. The number of rotatable bonds is 10. The van der Waals surface area contributed by atoms with Crippen LogP contribution in [0.15, 0.2) is 79.5 Å². The second-order valence-corrected chi connectivity index (χ2v) is 11.7. The number of fused-ring (bicyclic) bond motifs is 2. The number of H-pyrrole nitrogens is 2. The fourth-order valence-electron chi connectivity index (χ4n) is 5.62. The number of hydrogen-bond acceptors (Lipinski definition) is 7. The Morgan fingerprint density at radius 2 is 1.82 bits per heavy atom. The molecule has 0 saturated heterocycles. The van der Waals surface area contributed by atoms with E-state index >= 15 is 0 Å². The Hall–Kier alpha value is -5.09. The summed E-state index contributed by atoms with van der Waals surface area (Å²) in [5, 5.41) is 15.4. The summed E-state index contributed by atoms with van der Waals surface area (Å²) in [5.74, 6) is 0.222. The van der Waals surface area contributed by atoms with Crippen molar-refractivity contribution in [3.8, 4) is 33.8 Å². The molecule has 0 radical (unpaired) electrons. The minimum absolute atomic E-state index is 0.307. The fraction of sp³-hybridized carbons (Fsp3) is 0.235. The summed E-state index contributed by atoms with van der Waals surface area (Å²) in [4.78, 5) is 19.4. The van der Waals surface area contributed by atoms with Crippen molar-refractivity contribution < 1.29 is 4.39 Å². The van der Waals surface area contributed by atoms with Crippen molar-refractivity contribution in [1.82, 2.24) is 35.0 Å². The number of nitrogens with one attached hydrogen (secondary N) is 4. The zero-order valence-corrected chi connectivity index (χ0v) is 24.8. The summed E-state index contributed by atoms with van der Waals surface area (Å²) in [6.45, 7) is 5.77. The number of allylic oxidation sites excluding steroid dienone is 1. The third-order valence-electron chi connectivity index (χ3n) is 8.24. The monoisotopic (exact) mass is 587 g/mol. The molecule has 6 aromatic rings. The van der Waals surface area contributed by atoms with Gasteiger partial charge in [0.05, 0.1) is 40.5 Å². The molecule has 222 valence electrons. The van der Waals surface area contributed by atoms with Gasteiger partial charge in [0, 0.05) is 53.4 Å². The zero-order valence-electron chi connectivity index (χ0n) is 24.8. The fourth-order valence-corrected chi connectivity index (χ4v) is 5.62. The lowest BCUT2D eigenvalue weighted by atomic mass is 9.83. The Morgan fingerprint density at radius 1 is 0.977 bits per heavy atom. The highest BCUT2D eigenvalue weighted by Gasteiger charge is 2.21. The van der Waals surface area contributed by atoms with Crippen LogP contribution < -0.4 is 10.6 Å². The molecular weight excluding hydrogens is 553 g/mol. The third kappa shape index (κ3) is 5.51. The van der Waals surface area contributed by atoms with Gasteiger partial charge in [-0.1, -0.05) is 13.0 Å². The van der Waals surface area contributed by atoms with Gasteiger partial charge in [-0.05, 0) is 80.9 Å². The molecule has 9 nitrogen and oxygen atoms in total. The van der Waals surface area contributed by atoms with E-state index in [1.54, 1.807) is 12.4 Å². The summed E-state index contributed by atoms with van der Waals surface area (Å²) < 4.78 is 14.7. The predicted molar refractivity (Wildman–Crippen MR) is 175 cm³/mol. The Morgan fingerprint density at radius 3 is 2.64 bits per heavy atom. The zero-order chi connectivity index (χ0) is 30.2. The first kappa shape index (κ1) is 27.7. The van der Waals surface area contributed by atoms with E-state index in [4.69, 9.17) is 4.98 Å². The van der Waals surface area contributed by atoms with Crippen molar-refractivity contribution in [2.24, 2.45) is 5.92 Å². The molecule has 0 unspecified atom stereocenters. The van der Waals surface area contributed by atoms with Gasteiger partial charge in [0.15, 0.2) is 0 Å². The molecule has 7 rings (SSSR count). The quantitative estimate of drug-likeness (QED) is 0.136. The maximum Gasteiger partial charge on any atom is 0.135 e.